The molecule has 0 atom stereocenters. The zero-order chi connectivity index (χ0) is 16.4. The van der Waals surface area contributed by atoms with E-state index >= 15 is 0 Å². The van der Waals surface area contributed by atoms with Gasteiger partial charge in [-0.05, 0) is 38.2 Å². The standard InChI is InChI=1S/C19H21N3OS/c23-19(20-11-10-13-6-2-1-3-7-13)18-15-12-24-16-9-5-4-8-14(16)17(15)21-22-18/h4-6,8-9H,1-3,7,10-12H2,(H,20,23)(H,21,22). The number of nitrogens with zero attached hydrogens (tertiary/aromatic N) is 1. The smallest absolute Gasteiger partial charge is 0.269 e. The van der Waals surface area contributed by atoms with E-state index in [-0.39, 0.29) is 5.91 Å². The Balaban J connectivity index is 1.45. The fourth-order valence-electron chi connectivity index (χ4n) is 3.41. The number of fused-ring (bicyclic) bond motifs is 3. The third-order valence-electron chi connectivity index (χ3n) is 4.73. The van der Waals surface area contributed by atoms with Crippen LogP contribution in [0.5, 0.6) is 0 Å². The Morgan fingerprint density at radius 1 is 1.29 bits per heavy atom. The molecule has 1 aliphatic heterocycles. The number of thioether (sulfide) groups is 1. The van der Waals surface area contributed by atoms with E-state index in [1.54, 1.807) is 11.8 Å². The molecule has 0 bridgehead atoms. The first kappa shape index (κ1) is 15.5. The minimum atomic E-state index is -0.0415. The summed E-state index contributed by atoms with van der Waals surface area (Å²) in [4.78, 5) is 13.7. The molecule has 1 aromatic carbocycles. The maximum atomic E-state index is 12.5. The number of nitrogens with one attached hydrogen (secondary N) is 2. The van der Waals surface area contributed by atoms with E-state index in [2.05, 4.69) is 33.7 Å². The van der Waals surface area contributed by atoms with E-state index in [0.717, 1.165) is 29.0 Å². The average molecular weight is 339 g/mol. The lowest BCUT2D eigenvalue weighted by Gasteiger charge is -2.15. The monoisotopic (exact) mass is 339 g/mol. The molecule has 124 valence electrons. The normalized spacial score (nSPS) is 16.1. The van der Waals surface area contributed by atoms with E-state index in [0.29, 0.717) is 12.2 Å². The molecule has 2 N–H and O–H groups in total. The van der Waals surface area contributed by atoms with E-state index < -0.39 is 0 Å². The van der Waals surface area contributed by atoms with Gasteiger partial charge in [-0.25, -0.2) is 0 Å². The molecule has 1 aromatic heterocycles. The maximum Gasteiger partial charge on any atom is 0.269 e. The summed E-state index contributed by atoms with van der Waals surface area (Å²) in [5.41, 5.74) is 5.16. The molecule has 1 amide bonds. The Labute approximate surface area is 146 Å². The Morgan fingerprint density at radius 3 is 3.08 bits per heavy atom. The van der Waals surface area contributed by atoms with Crippen molar-refractivity contribution in [2.24, 2.45) is 0 Å². The highest BCUT2D eigenvalue weighted by Gasteiger charge is 2.25. The van der Waals surface area contributed by atoms with Crippen LogP contribution in [-0.2, 0) is 5.75 Å². The number of aromatic amines is 1. The third-order valence-corrected chi connectivity index (χ3v) is 5.83. The van der Waals surface area contributed by atoms with Crippen LogP contribution in [0.25, 0.3) is 11.3 Å². The van der Waals surface area contributed by atoms with Gasteiger partial charge in [-0.1, -0.05) is 29.8 Å². The predicted octanol–water partition coefficient (Wildman–Crippen LogP) is 4.30. The molecule has 24 heavy (non-hydrogen) atoms. The second kappa shape index (κ2) is 6.85. The highest BCUT2D eigenvalue weighted by Crippen LogP contribution is 2.41. The van der Waals surface area contributed by atoms with Crippen molar-refractivity contribution in [2.75, 3.05) is 6.54 Å². The summed E-state index contributed by atoms with van der Waals surface area (Å²) in [5.74, 6) is 0.747. The molecule has 2 heterocycles. The first-order chi connectivity index (χ1) is 11.8. The number of carbonyl (C=O) groups is 1. The number of aromatic nitrogens is 2. The Bertz CT molecular complexity index is 794. The van der Waals surface area contributed by atoms with Gasteiger partial charge in [0.15, 0.2) is 0 Å². The maximum absolute atomic E-state index is 12.5. The second-order valence-corrected chi connectivity index (χ2v) is 7.34. The number of hydrogen-bond acceptors (Lipinski definition) is 3. The molecule has 2 aliphatic rings. The van der Waals surface area contributed by atoms with Crippen molar-refractivity contribution in [1.82, 2.24) is 15.5 Å². The van der Waals surface area contributed by atoms with Crippen LogP contribution >= 0.6 is 11.8 Å². The molecule has 5 heteroatoms. The number of amides is 1. The van der Waals surface area contributed by atoms with Gasteiger partial charge in [0.05, 0.1) is 5.69 Å². The van der Waals surface area contributed by atoms with Crippen LogP contribution in [0.15, 0.2) is 40.8 Å². The van der Waals surface area contributed by atoms with Gasteiger partial charge in [0, 0.05) is 28.3 Å². The van der Waals surface area contributed by atoms with Crippen molar-refractivity contribution < 1.29 is 4.79 Å². The van der Waals surface area contributed by atoms with E-state index in [1.807, 2.05) is 12.1 Å². The van der Waals surface area contributed by atoms with E-state index in [9.17, 15) is 4.79 Å². The van der Waals surface area contributed by atoms with Gasteiger partial charge >= 0.3 is 0 Å². The predicted molar refractivity (Wildman–Crippen MR) is 97.1 cm³/mol. The lowest BCUT2D eigenvalue weighted by Crippen LogP contribution is -2.26. The molecule has 0 saturated carbocycles. The first-order valence-electron chi connectivity index (χ1n) is 8.58. The van der Waals surface area contributed by atoms with Gasteiger partial charge in [0.25, 0.3) is 5.91 Å². The van der Waals surface area contributed by atoms with Crippen molar-refractivity contribution in [3.05, 3.63) is 47.2 Å². The summed E-state index contributed by atoms with van der Waals surface area (Å²) in [6.45, 7) is 0.697. The highest BCUT2D eigenvalue weighted by atomic mass is 32.2. The molecule has 0 radical (unpaired) electrons. The molecule has 0 fully saturated rings. The summed E-state index contributed by atoms with van der Waals surface area (Å²) >= 11 is 1.77. The van der Waals surface area contributed by atoms with Crippen LogP contribution in [0.1, 0.15) is 48.2 Å². The van der Waals surface area contributed by atoms with Gasteiger partial charge in [-0.3, -0.25) is 9.89 Å². The summed E-state index contributed by atoms with van der Waals surface area (Å²) in [6.07, 6.45) is 8.25. The van der Waals surface area contributed by atoms with E-state index in [4.69, 9.17) is 0 Å². The number of rotatable bonds is 4. The van der Waals surface area contributed by atoms with Crippen LogP contribution in [0.2, 0.25) is 0 Å². The van der Waals surface area contributed by atoms with E-state index in [1.165, 1.54) is 36.2 Å². The third kappa shape index (κ3) is 3.00. The summed E-state index contributed by atoms with van der Waals surface area (Å²) < 4.78 is 0. The largest absolute Gasteiger partial charge is 0.350 e. The number of H-pyrrole nitrogens is 1. The molecular formula is C19H21N3OS. The zero-order valence-corrected chi connectivity index (χ0v) is 14.4. The molecule has 2 aromatic rings. The SMILES string of the molecule is O=C(NCCC1=CCCCC1)c1[nH]nc2c1CSc1ccccc1-2. The minimum Gasteiger partial charge on any atom is -0.350 e. The molecule has 0 saturated heterocycles. The molecule has 0 spiro atoms. The molecular weight excluding hydrogens is 318 g/mol. The van der Waals surface area contributed by atoms with Crippen molar-refractivity contribution in [3.8, 4) is 11.3 Å². The van der Waals surface area contributed by atoms with Gasteiger partial charge in [0.2, 0.25) is 0 Å². The molecule has 1 aliphatic carbocycles. The minimum absolute atomic E-state index is 0.0415. The van der Waals surface area contributed by atoms with Crippen LogP contribution in [0.4, 0.5) is 0 Å². The lowest BCUT2D eigenvalue weighted by atomic mass is 9.97. The van der Waals surface area contributed by atoms with Crippen molar-refractivity contribution in [1.29, 1.82) is 0 Å². The number of carbonyl (C=O) groups excluding carboxylic acids is 1. The summed E-state index contributed by atoms with van der Waals surface area (Å²) in [6, 6.07) is 8.23. The quantitative estimate of drug-likeness (QED) is 0.817. The number of benzene rings is 1. The van der Waals surface area contributed by atoms with Crippen LogP contribution in [0, 0.1) is 0 Å². The van der Waals surface area contributed by atoms with Crippen molar-refractivity contribution in [3.63, 3.8) is 0 Å². The van der Waals surface area contributed by atoms with Crippen molar-refractivity contribution >= 4 is 17.7 Å². The average Bonchev–Trinajstić information content (AvgIpc) is 3.07. The molecule has 0 unspecified atom stereocenters. The van der Waals surface area contributed by atoms with Gasteiger partial charge in [-0.2, -0.15) is 5.10 Å². The van der Waals surface area contributed by atoms with Crippen LogP contribution < -0.4 is 5.32 Å². The Morgan fingerprint density at radius 2 is 2.21 bits per heavy atom. The Kier molecular flexibility index (Phi) is 4.43. The lowest BCUT2D eigenvalue weighted by molar-refractivity contribution is 0.0948. The van der Waals surface area contributed by atoms with Gasteiger partial charge < -0.3 is 5.32 Å². The molecule has 4 nitrogen and oxygen atoms in total. The van der Waals surface area contributed by atoms with Crippen LogP contribution in [0.3, 0.4) is 0 Å². The van der Waals surface area contributed by atoms with Gasteiger partial charge in [-0.15, -0.1) is 11.8 Å². The Hall–Kier alpha value is -2.01. The summed E-state index contributed by atoms with van der Waals surface area (Å²) in [7, 11) is 0. The fraction of sp³-hybridized carbons (Fsp3) is 0.368. The molecule has 4 rings (SSSR count). The van der Waals surface area contributed by atoms with Crippen molar-refractivity contribution in [2.45, 2.75) is 42.8 Å². The van der Waals surface area contributed by atoms with Gasteiger partial charge in [0.1, 0.15) is 5.69 Å². The zero-order valence-electron chi connectivity index (χ0n) is 13.6. The topological polar surface area (TPSA) is 57.8 Å². The fourth-order valence-corrected chi connectivity index (χ4v) is 4.49. The van der Waals surface area contributed by atoms with Crippen LogP contribution in [-0.4, -0.2) is 22.6 Å². The highest BCUT2D eigenvalue weighted by molar-refractivity contribution is 7.98. The second-order valence-electron chi connectivity index (χ2n) is 6.32. The first-order valence-corrected chi connectivity index (χ1v) is 9.57. The number of hydrogen-bond donors (Lipinski definition) is 2. The number of allylic oxidation sites excluding steroid dienone is 1. The summed E-state index contributed by atoms with van der Waals surface area (Å²) in [5, 5.41) is 10.4.